The maximum absolute atomic E-state index is 14.1. The molecule has 0 saturated carbocycles. The lowest BCUT2D eigenvalue weighted by molar-refractivity contribution is 0.413. The summed E-state index contributed by atoms with van der Waals surface area (Å²) in [5.41, 5.74) is 5.84. The average Bonchev–Trinajstić information content (AvgIpc) is 2.49. The molecule has 0 aliphatic rings. The summed E-state index contributed by atoms with van der Waals surface area (Å²) in [5, 5.41) is 0. The molecular formula is C15H16FNO3S. The Kier molecular flexibility index (Phi) is 4.59. The van der Waals surface area contributed by atoms with Crippen LogP contribution in [0, 0.1) is 5.82 Å². The van der Waals surface area contributed by atoms with Crippen molar-refractivity contribution in [2.75, 3.05) is 7.11 Å². The normalized spacial score (nSPS) is 11.4. The number of sulfone groups is 1. The first-order valence-corrected chi connectivity index (χ1v) is 7.96. The zero-order valence-electron chi connectivity index (χ0n) is 11.5. The molecule has 0 unspecified atom stereocenters. The third kappa shape index (κ3) is 3.40. The monoisotopic (exact) mass is 309 g/mol. The Balaban J connectivity index is 2.37. The summed E-state index contributed by atoms with van der Waals surface area (Å²) < 4.78 is 43.8. The van der Waals surface area contributed by atoms with Gasteiger partial charge in [-0.25, -0.2) is 12.8 Å². The number of halogens is 1. The van der Waals surface area contributed by atoms with Gasteiger partial charge in [-0.05, 0) is 18.2 Å². The van der Waals surface area contributed by atoms with Crippen LogP contribution >= 0.6 is 0 Å². The van der Waals surface area contributed by atoms with Gasteiger partial charge < -0.3 is 10.5 Å². The van der Waals surface area contributed by atoms with E-state index in [2.05, 4.69) is 0 Å². The average molecular weight is 309 g/mol. The highest BCUT2D eigenvalue weighted by Crippen LogP contribution is 2.23. The predicted molar refractivity (Wildman–Crippen MR) is 78.2 cm³/mol. The van der Waals surface area contributed by atoms with Crippen LogP contribution in [0.4, 0.5) is 4.39 Å². The molecule has 0 fully saturated rings. The van der Waals surface area contributed by atoms with E-state index in [4.69, 9.17) is 10.5 Å². The molecule has 0 radical (unpaired) electrons. The largest absolute Gasteiger partial charge is 0.497 e. The Labute approximate surface area is 123 Å². The Morgan fingerprint density at radius 3 is 2.48 bits per heavy atom. The molecule has 0 amide bonds. The standard InChI is InChI=1S/C15H16FNO3S/c1-20-13-6-3-7-14(8-13)21(18,19)10-12-5-2-4-11(9-17)15(12)16/h2-8H,9-10,17H2,1H3. The first-order chi connectivity index (χ1) is 9.97. The fourth-order valence-electron chi connectivity index (χ4n) is 1.98. The summed E-state index contributed by atoms with van der Waals surface area (Å²) in [4.78, 5) is 0.0967. The highest BCUT2D eigenvalue weighted by molar-refractivity contribution is 7.90. The quantitative estimate of drug-likeness (QED) is 0.920. The van der Waals surface area contributed by atoms with Crippen LogP contribution in [-0.4, -0.2) is 15.5 Å². The lowest BCUT2D eigenvalue weighted by Gasteiger charge is -2.09. The minimum Gasteiger partial charge on any atom is -0.497 e. The van der Waals surface area contributed by atoms with Gasteiger partial charge in [0.05, 0.1) is 17.8 Å². The summed E-state index contributed by atoms with van der Waals surface area (Å²) in [6, 6.07) is 10.7. The molecule has 2 aromatic rings. The molecule has 0 saturated heterocycles. The lowest BCUT2D eigenvalue weighted by atomic mass is 10.1. The van der Waals surface area contributed by atoms with Crippen molar-refractivity contribution in [1.82, 2.24) is 0 Å². The fourth-order valence-corrected chi connectivity index (χ4v) is 3.37. The topological polar surface area (TPSA) is 69.4 Å². The second-order valence-electron chi connectivity index (χ2n) is 4.53. The molecule has 2 N–H and O–H groups in total. The van der Waals surface area contributed by atoms with Gasteiger partial charge >= 0.3 is 0 Å². The molecular weight excluding hydrogens is 293 g/mol. The summed E-state index contributed by atoms with van der Waals surface area (Å²) in [7, 11) is -2.20. The minimum absolute atomic E-state index is 0.0267. The number of nitrogens with two attached hydrogens (primary N) is 1. The van der Waals surface area contributed by atoms with E-state index in [-0.39, 0.29) is 17.0 Å². The SMILES string of the molecule is COc1cccc(S(=O)(=O)Cc2cccc(CN)c2F)c1. The van der Waals surface area contributed by atoms with Crippen molar-refractivity contribution in [2.24, 2.45) is 5.73 Å². The molecule has 2 aromatic carbocycles. The van der Waals surface area contributed by atoms with Crippen molar-refractivity contribution in [3.05, 3.63) is 59.4 Å². The van der Waals surface area contributed by atoms with Gasteiger partial charge in [0, 0.05) is 17.7 Å². The van der Waals surface area contributed by atoms with Crippen molar-refractivity contribution < 1.29 is 17.5 Å². The van der Waals surface area contributed by atoms with Crippen LogP contribution in [0.25, 0.3) is 0 Å². The molecule has 0 bridgehead atoms. The Morgan fingerprint density at radius 1 is 1.14 bits per heavy atom. The predicted octanol–water partition coefficient (Wildman–Crippen LogP) is 2.27. The maximum Gasteiger partial charge on any atom is 0.182 e. The molecule has 112 valence electrons. The Hall–Kier alpha value is -1.92. The van der Waals surface area contributed by atoms with E-state index in [1.807, 2.05) is 0 Å². The van der Waals surface area contributed by atoms with Gasteiger partial charge in [-0.1, -0.05) is 24.3 Å². The molecule has 2 rings (SSSR count). The van der Waals surface area contributed by atoms with E-state index in [9.17, 15) is 12.8 Å². The summed E-state index contributed by atoms with van der Waals surface area (Å²) in [6.45, 7) is 0.0267. The number of rotatable bonds is 5. The third-order valence-electron chi connectivity index (χ3n) is 3.12. The molecule has 0 spiro atoms. The number of benzene rings is 2. The maximum atomic E-state index is 14.1. The van der Waals surface area contributed by atoms with Gasteiger partial charge in [-0.3, -0.25) is 0 Å². The fraction of sp³-hybridized carbons (Fsp3) is 0.200. The van der Waals surface area contributed by atoms with E-state index in [0.29, 0.717) is 11.3 Å². The molecule has 4 nitrogen and oxygen atoms in total. The Morgan fingerprint density at radius 2 is 1.81 bits per heavy atom. The van der Waals surface area contributed by atoms with Gasteiger partial charge in [0.15, 0.2) is 9.84 Å². The first-order valence-electron chi connectivity index (χ1n) is 6.31. The van der Waals surface area contributed by atoms with Crippen LogP contribution in [0.15, 0.2) is 47.4 Å². The number of ether oxygens (including phenoxy) is 1. The van der Waals surface area contributed by atoms with Crippen molar-refractivity contribution in [1.29, 1.82) is 0 Å². The van der Waals surface area contributed by atoms with Crippen molar-refractivity contribution in [3.8, 4) is 5.75 Å². The molecule has 0 heterocycles. The van der Waals surface area contributed by atoms with Crippen LogP contribution in [0.1, 0.15) is 11.1 Å². The van der Waals surface area contributed by atoms with Crippen LogP contribution in [-0.2, 0) is 22.1 Å². The molecule has 6 heteroatoms. The molecule has 0 aliphatic heterocycles. The third-order valence-corrected chi connectivity index (χ3v) is 4.79. The van der Waals surface area contributed by atoms with Crippen LogP contribution < -0.4 is 10.5 Å². The van der Waals surface area contributed by atoms with E-state index >= 15 is 0 Å². The van der Waals surface area contributed by atoms with Crippen molar-refractivity contribution in [2.45, 2.75) is 17.2 Å². The van der Waals surface area contributed by atoms with E-state index in [1.165, 1.54) is 31.4 Å². The Bertz CT molecular complexity index is 744. The highest BCUT2D eigenvalue weighted by atomic mass is 32.2. The van der Waals surface area contributed by atoms with E-state index in [0.717, 1.165) is 0 Å². The van der Waals surface area contributed by atoms with Crippen LogP contribution in [0.2, 0.25) is 0 Å². The van der Waals surface area contributed by atoms with Crippen LogP contribution in [0.3, 0.4) is 0 Å². The van der Waals surface area contributed by atoms with E-state index in [1.54, 1.807) is 18.2 Å². The smallest absolute Gasteiger partial charge is 0.182 e. The summed E-state index contributed by atoms with van der Waals surface area (Å²) in [5.74, 6) is -0.543. The van der Waals surface area contributed by atoms with E-state index < -0.39 is 21.4 Å². The zero-order valence-corrected chi connectivity index (χ0v) is 12.4. The second-order valence-corrected chi connectivity index (χ2v) is 6.52. The molecule has 0 atom stereocenters. The van der Waals surface area contributed by atoms with Gasteiger partial charge in [0.1, 0.15) is 11.6 Å². The van der Waals surface area contributed by atoms with Crippen LogP contribution in [0.5, 0.6) is 5.75 Å². The number of methoxy groups -OCH3 is 1. The molecule has 0 aromatic heterocycles. The number of hydrogen-bond acceptors (Lipinski definition) is 4. The lowest BCUT2D eigenvalue weighted by Crippen LogP contribution is -2.09. The summed E-state index contributed by atoms with van der Waals surface area (Å²) in [6.07, 6.45) is 0. The van der Waals surface area contributed by atoms with Gasteiger partial charge in [-0.2, -0.15) is 0 Å². The minimum atomic E-state index is -3.65. The zero-order chi connectivity index (χ0) is 15.5. The summed E-state index contributed by atoms with van der Waals surface area (Å²) >= 11 is 0. The van der Waals surface area contributed by atoms with Crippen molar-refractivity contribution in [3.63, 3.8) is 0 Å². The highest BCUT2D eigenvalue weighted by Gasteiger charge is 2.19. The second kappa shape index (κ2) is 6.24. The van der Waals surface area contributed by atoms with Gasteiger partial charge in [-0.15, -0.1) is 0 Å². The molecule has 21 heavy (non-hydrogen) atoms. The van der Waals surface area contributed by atoms with Crippen molar-refractivity contribution >= 4 is 9.84 Å². The first kappa shape index (κ1) is 15.5. The van der Waals surface area contributed by atoms with Gasteiger partial charge in [0.2, 0.25) is 0 Å². The van der Waals surface area contributed by atoms with Gasteiger partial charge in [0.25, 0.3) is 0 Å². The molecule has 0 aliphatic carbocycles. The number of hydrogen-bond donors (Lipinski definition) is 1.